The summed E-state index contributed by atoms with van der Waals surface area (Å²) in [7, 11) is -3.63. The van der Waals surface area contributed by atoms with E-state index < -0.39 is 27.7 Å². The van der Waals surface area contributed by atoms with E-state index in [9.17, 15) is 26.4 Å². The standard InChI is InChI=1S/C24H24Cl2F3N3O4S/c1-3-37(34,35)31-23(33)9-7-20-10-15(2)32(30-20)13-17-11-18(25)6-8-22(17)36-14-16-4-5-19(26)12-21(16)24(27,28)29/h4-6,8,10-12H,3,7,9,13-14H2,1-2H3,(H,31,33). The van der Waals surface area contributed by atoms with Crippen LogP contribution in [0, 0.1) is 6.92 Å². The number of carbonyl (C=O) groups excluding carboxylic acids is 1. The predicted octanol–water partition coefficient (Wildman–Crippen LogP) is 5.54. The van der Waals surface area contributed by atoms with Gasteiger partial charge in [0, 0.05) is 39.7 Å². The van der Waals surface area contributed by atoms with Crippen molar-refractivity contribution < 1.29 is 31.1 Å². The van der Waals surface area contributed by atoms with E-state index in [1.165, 1.54) is 19.1 Å². The molecule has 7 nitrogen and oxygen atoms in total. The number of hydrogen-bond acceptors (Lipinski definition) is 5. The van der Waals surface area contributed by atoms with E-state index in [0.717, 1.165) is 11.8 Å². The summed E-state index contributed by atoms with van der Waals surface area (Å²) in [6.07, 6.45) is -4.44. The van der Waals surface area contributed by atoms with E-state index in [1.807, 2.05) is 4.72 Å². The lowest BCUT2D eigenvalue weighted by Crippen LogP contribution is -2.31. The minimum Gasteiger partial charge on any atom is -0.489 e. The van der Waals surface area contributed by atoms with E-state index in [0.29, 0.717) is 22.0 Å². The Bertz CT molecular complexity index is 1390. The van der Waals surface area contributed by atoms with Crippen LogP contribution in [-0.2, 0) is 40.6 Å². The lowest BCUT2D eigenvalue weighted by Gasteiger charge is -2.16. The number of nitrogens with one attached hydrogen (secondary N) is 1. The Balaban J connectivity index is 1.74. The molecule has 3 aromatic rings. The highest BCUT2D eigenvalue weighted by atomic mass is 35.5. The van der Waals surface area contributed by atoms with Crippen LogP contribution in [0.25, 0.3) is 0 Å². The topological polar surface area (TPSA) is 90.3 Å². The molecule has 3 rings (SSSR count). The Kier molecular flexibility index (Phi) is 9.14. The molecule has 0 spiro atoms. The molecular weight excluding hydrogens is 554 g/mol. The molecule has 0 aliphatic rings. The van der Waals surface area contributed by atoms with Crippen molar-refractivity contribution in [3.05, 3.63) is 80.6 Å². The fourth-order valence-electron chi connectivity index (χ4n) is 3.47. The number of aryl methyl sites for hydroxylation is 2. The molecule has 13 heteroatoms. The van der Waals surface area contributed by atoms with Crippen LogP contribution in [0.2, 0.25) is 10.0 Å². The summed E-state index contributed by atoms with van der Waals surface area (Å²) in [5.41, 5.74) is 0.957. The zero-order chi connectivity index (χ0) is 27.4. The van der Waals surface area contributed by atoms with Crippen molar-refractivity contribution >= 4 is 39.1 Å². The Hall–Kier alpha value is -2.76. The molecule has 1 N–H and O–H groups in total. The van der Waals surface area contributed by atoms with E-state index in [-0.39, 0.29) is 42.3 Å². The van der Waals surface area contributed by atoms with Crippen LogP contribution in [0.1, 0.15) is 41.4 Å². The van der Waals surface area contributed by atoms with Crippen molar-refractivity contribution in [2.24, 2.45) is 0 Å². The Morgan fingerprint density at radius 1 is 1.08 bits per heavy atom. The van der Waals surface area contributed by atoms with Gasteiger partial charge in [0.05, 0.1) is 23.6 Å². The van der Waals surface area contributed by atoms with Gasteiger partial charge in [-0.25, -0.2) is 8.42 Å². The molecule has 0 atom stereocenters. The normalized spacial score (nSPS) is 12.0. The summed E-state index contributed by atoms with van der Waals surface area (Å²) in [5.74, 6) is -0.500. The fraction of sp³-hybridized carbons (Fsp3) is 0.333. The number of ether oxygens (including phenoxy) is 1. The third-order valence-electron chi connectivity index (χ3n) is 5.39. The van der Waals surface area contributed by atoms with Crippen LogP contribution in [0.4, 0.5) is 13.2 Å². The van der Waals surface area contributed by atoms with Crippen molar-refractivity contribution in [1.82, 2.24) is 14.5 Å². The number of rotatable bonds is 10. The molecule has 1 heterocycles. The average Bonchev–Trinajstić information content (AvgIpc) is 3.16. The van der Waals surface area contributed by atoms with Crippen LogP contribution in [0.15, 0.2) is 42.5 Å². The first-order chi connectivity index (χ1) is 17.3. The summed E-state index contributed by atoms with van der Waals surface area (Å²) < 4.78 is 72.7. The van der Waals surface area contributed by atoms with Gasteiger partial charge in [0.15, 0.2) is 0 Å². The molecule has 200 valence electrons. The number of halogens is 5. The van der Waals surface area contributed by atoms with E-state index in [2.05, 4.69) is 5.10 Å². The molecule has 0 aliphatic carbocycles. The van der Waals surface area contributed by atoms with Gasteiger partial charge in [-0.2, -0.15) is 18.3 Å². The van der Waals surface area contributed by atoms with E-state index in [4.69, 9.17) is 27.9 Å². The minimum absolute atomic E-state index is 0.0299. The zero-order valence-corrected chi connectivity index (χ0v) is 22.2. The third kappa shape index (κ3) is 8.11. The number of carbonyl (C=O) groups is 1. The Morgan fingerprint density at radius 2 is 1.76 bits per heavy atom. The van der Waals surface area contributed by atoms with Crippen LogP contribution in [0.3, 0.4) is 0 Å². The van der Waals surface area contributed by atoms with Crippen molar-refractivity contribution in [3.8, 4) is 5.75 Å². The first-order valence-electron chi connectivity index (χ1n) is 11.1. The molecule has 37 heavy (non-hydrogen) atoms. The summed E-state index contributed by atoms with van der Waals surface area (Å²) in [4.78, 5) is 11.9. The SMILES string of the molecule is CCS(=O)(=O)NC(=O)CCc1cc(C)n(Cc2cc(Cl)ccc2OCc2ccc(Cl)cc2C(F)(F)F)n1. The van der Waals surface area contributed by atoms with Gasteiger partial charge in [-0.3, -0.25) is 14.2 Å². The second-order valence-corrected chi connectivity index (χ2v) is 11.1. The largest absolute Gasteiger partial charge is 0.489 e. The number of sulfonamides is 1. The van der Waals surface area contributed by atoms with Crippen molar-refractivity contribution in [2.45, 2.75) is 46.0 Å². The van der Waals surface area contributed by atoms with Crippen LogP contribution < -0.4 is 9.46 Å². The second kappa shape index (κ2) is 11.7. The quantitative estimate of drug-likeness (QED) is 0.341. The maximum atomic E-state index is 13.4. The maximum Gasteiger partial charge on any atom is 0.416 e. The third-order valence-corrected chi connectivity index (χ3v) is 7.16. The molecule has 0 saturated heterocycles. The Morgan fingerprint density at radius 3 is 2.43 bits per heavy atom. The van der Waals surface area contributed by atoms with Crippen LogP contribution in [-0.4, -0.2) is 29.9 Å². The van der Waals surface area contributed by atoms with E-state index in [1.54, 1.807) is 35.9 Å². The lowest BCUT2D eigenvalue weighted by molar-refractivity contribution is -0.138. The summed E-state index contributed by atoms with van der Waals surface area (Å²) in [6, 6.07) is 10.0. The molecule has 0 radical (unpaired) electrons. The van der Waals surface area contributed by atoms with Gasteiger partial charge in [0.2, 0.25) is 15.9 Å². The van der Waals surface area contributed by atoms with Gasteiger partial charge in [-0.15, -0.1) is 0 Å². The zero-order valence-electron chi connectivity index (χ0n) is 19.9. The molecule has 2 aromatic carbocycles. The number of hydrogen-bond donors (Lipinski definition) is 1. The van der Waals surface area contributed by atoms with Gasteiger partial charge in [0.25, 0.3) is 0 Å². The Labute approximate surface area is 222 Å². The summed E-state index contributed by atoms with van der Waals surface area (Å²) >= 11 is 11.9. The molecule has 0 fully saturated rings. The van der Waals surface area contributed by atoms with Gasteiger partial charge >= 0.3 is 6.18 Å². The van der Waals surface area contributed by atoms with Gasteiger partial charge < -0.3 is 4.74 Å². The highest BCUT2D eigenvalue weighted by Gasteiger charge is 2.33. The molecule has 0 unspecified atom stereocenters. The number of amides is 1. The fourth-order valence-corrected chi connectivity index (χ4v) is 4.43. The van der Waals surface area contributed by atoms with Crippen molar-refractivity contribution in [1.29, 1.82) is 0 Å². The molecule has 1 amide bonds. The van der Waals surface area contributed by atoms with Gasteiger partial charge in [0.1, 0.15) is 12.4 Å². The van der Waals surface area contributed by atoms with Crippen molar-refractivity contribution in [3.63, 3.8) is 0 Å². The van der Waals surface area contributed by atoms with Crippen LogP contribution >= 0.6 is 23.2 Å². The molecule has 0 aliphatic heterocycles. The predicted molar refractivity (Wildman–Crippen MR) is 134 cm³/mol. The second-order valence-electron chi connectivity index (χ2n) is 8.20. The molecule has 1 aromatic heterocycles. The van der Waals surface area contributed by atoms with Crippen LogP contribution in [0.5, 0.6) is 5.75 Å². The number of alkyl halides is 3. The van der Waals surface area contributed by atoms with E-state index >= 15 is 0 Å². The number of aromatic nitrogens is 2. The summed E-state index contributed by atoms with van der Waals surface area (Å²) in [5, 5.41) is 4.84. The lowest BCUT2D eigenvalue weighted by atomic mass is 10.1. The summed E-state index contributed by atoms with van der Waals surface area (Å²) in [6.45, 7) is 3.08. The minimum atomic E-state index is -4.59. The maximum absolute atomic E-state index is 13.4. The van der Waals surface area contributed by atoms with Gasteiger partial charge in [-0.05, 0) is 50.2 Å². The molecule has 0 saturated carbocycles. The molecular formula is C24H24Cl2F3N3O4S. The highest BCUT2D eigenvalue weighted by molar-refractivity contribution is 7.90. The highest BCUT2D eigenvalue weighted by Crippen LogP contribution is 2.35. The molecule has 0 bridgehead atoms. The van der Waals surface area contributed by atoms with Crippen molar-refractivity contribution in [2.75, 3.05) is 5.75 Å². The smallest absolute Gasteiger partial charge is 0.416 e. The average molecular weight is 578 g/mol. The van der Waals surface area contributed by atoms with Gasteiger partial charge in [-0.1, -0.05) is 29.3 Å². The first kappa shape index (κ1) is 28.8. The first-order valence-corrected chi connectivity index (χ1v) is 13.5. The number of nitrogens with zero attached hydrogens (tertiary/aromatic N) is 2. The monoisotopic (exact) mass is 577 g/mol. The number of benzene rings is 2.